The van der Waals surface area contributed by atoms with Crippen LogP contribution in [-0.4, -0.2) is 27.3 Å². The van der Waals surface area contributed by atoms with Crippen molar-refractivity contribution in [3.8, 4) is 5.69 Å². The third kappa shape index (κ3) is 3.68. The van der Waals surface area contributed by atoms with Gasteiger partial charge in [0, 0.05) is 6.54 Å². The first-order chi connectivity index (χ1) is 14.3. The quantitative estimate of drug-likeness (QED) is 0.652. The molecule has 2 aromatic carbocycles. The fraction of sp³-hybridized carbons (Fsp3) is 0.238. The van der Waals surface area contributed by atoms with Gasteiger partial charge in [0.1, 0.15) is 5.82 Å². The summed E-state index contributed by atoms with van der Waals surface area (Å²) < 4.78 is 53.7. The summed E-state index contributed by atoms with van der Waals surface area (Å²) in [5.41, 5.74) is 0.729. The van der Waals surface area contributed by atoms with E-state index >= 15 is 0 Å². The third-order valence-corrected chi connectivity index (χ3v) is 5.03. The molecule has 0 saturated carbocycles. The number of hydrogen-bond acceptors (Lipinski definition) is 3. The lowest BCUT2D eigenvalue weighted by atomic mass is 10.0. The normalized spacial score (nSPS) is 15.0. The average Bonchev–Trinajstić information content (AvgIpc) is 3.17. The van der Waals surface area contributed by atoms with Crippen molar-refractivity contribution in [1.29, 1.82) is 0 Å². The smallest absolute Gasteiger partial charge is 0.378 e. The largest absolute Gasteiger partial charge is 0.416 e. The molecule has 1 N–H and O–H groups in total. The monoisotopic (exact) mass is 419 g/mol. The first-order valence-corrected chi connectivity index (χ1v) is 9.25. The van der Waals surface area contributed by atoms with Gasteiger partial charge >= 0.3 is 6.18 Å². The lowest BCUT2D eigenvalue weighted by Crippen LogP contribution is -2.38. The number of rotatable bonds is 3. The number of amides is 1. The number of carbonyl (C=O) groups is 1. The number of anilines is 1. The molecule has 3 aromatic rings. The fourth-order valence-corrected chi connectivity index (χ4v) is 3.56. The minimum absolute atomic E-state index is 0.132. The molecule has 30 heavy (non-hydrogen) atoms. The maximum absolute atomic E-state index is 13.2. The second kappa shape index (κ2) is 7.56. The minimum Gasteiger partial charge on any atom is -0.378 e. The van der Waals surface area contributed by atoms with Crippen molar-refractivity contribution in [2.24, 2.45) is 0 Å². The highest BCUT2D eigenvalue weighted by atomic mass is 19.4. The summed E-state index contributed by atoms with van der Waals surface area (Å²) in [5, 5.41) is 14.8. The van der Waals surface area contributed by atoms with Gasteiger partial charge in [-0.2, -0.15) is 18.3 Å². The van der Waals surface area contributed by atoms with Gasteiger partial charge < -0.3 is 10.0 Å². The topological polar surface area (TPSA) is 58.4 Å². The SMILES string of the molecule is O=C(C(O)c1cccc(C(F)(F)F)c1)N1CCCc2c1cnn2-c1ccc(F)cc1. The Morgan fingerprint density at radius 2 is 1.87 bits per heavy atom. The maximum atomic E-state index is 13.2. The number of nitrogens with zero attached hydrogens (tertiary/aromatic N) is 3. The molecule has 4 rings (SSSR count). The summed E-state index contributed by atoms with van der Waals surface area (Å²) >= 11 is 0. The van der Waals surface area contributed by atoms with Gasteiger partial charge in [0.05, 0.1) is 28.8 Å². The highest BCUT2D eigenvalue weighted by Crippen LogP contribution is 2.33. The lowest BCUT2D eigenvalue weighted by molar-refractivity contribution is -0.138. The van der Waals surface area contributed by atoms with Gasteiger partial charge in [-0.1, -0.05) is 12.1 Å². The van der Waals surface area contributed by atoms with Crippen LogP contribution in [0.4, 0.5) is 23.2 Å². The minimum atomic E-state index is -4.58. The number of fused-ring (bicyclic) bond motifs is 1. The van der Waals surface area contributed by atoms with Crippen molar-refractivity contribution in [2.75, 3.05) is 11.4 Å². The van der Waals surface area contributed by atoms with E-state index in [1.165, 1.54) is 29.3 Å². The van der Waals surface area contributed by atoms with Gasteiger partial charge in [0.15, 0.2) is 6.10 Å². The molecule has 1 atom stereocenters. The molecule has 1 aromatic heterocycles. The number of benzene rings is 2. The Hall–Kier alpha value is -3.20. The molecule has 0 bridgehead atoms. The molecule has 1 unspecified atom stereocenters. The lowest BCUT2D eigenvalue weighted by Gasteiger charge is -2.29. The third-order valence-electron chi connectivity index (χ3n) is 5.03. The summed E-state index contributed by atoms with van der Waals surface area (Å²) in [4.78, 5) is 14.3. The number of hydrogen-bond donors (Lipinski definition) is 1. The molecule has 0 aliphatic carbocycles. The molecule has 156 valence electrons. The van der Waals surface area contributed by atoms with Crippen molar-refractivity contribution in [3.05, 3.63) is 77.4 Å². The van der Waals surface area contributed by atoms with Gasteiger partial charge in [-0.05, 0) is 54.8 Å². The number of halogens is 4. The number of carbonyl (C=O) groups excluding carboxylic acids is 1. The van der Waals surface area contributed by atoms with E-state index in [4.69, 9.17) is 0 Å². The summed E-state index contributed by atoms with van der Waals surface area (Å²) in [6.07, 6.45) is -3.66. The molecule has 5 nitrogen and oxygen atoms in total. The molecule has 2 heterocycles. The van der Waals surface area contributed by atoms with E-state index in [-0.39, 0.29) is 11.4 Å². The Morgan fingerprint density at radius 3 is 2.57 bits per heavy atom. The number of aliphatic hydroxyl groups is 1. The fourth-order valence-electron chi connectivity index (χ4n) is 3.56. The van der Waals surface area contributed by atoms with Gasteiger partial charge in [0.2, 0.25) is 0 Å². The molecule has 0 fully saturated rings. The van der Waals surface area contributed by atoms with Gasteiger partial charge in [0.25, 0.3) is 5.91 Å². The molecule has 0 spiro atoms. The molecule has 0 radical (unpaired) electrons. The molecule has 1 aliphatic heterocycles. The van der Waals surface area contributed by atoms with Crippen LogP contribution in [0.25, 0.3) is 5.69 Å². The van der Waals surface area contributed by atoms with E-state index in [9.17, 15) is 27.5 Å². The van der Waals surface area contributed by atoms with Crippen LogP contribution in [0.2, 0.25) is 0 Å². The predicted molar refractivity (Wildman–Crippen MR) is 101 cm³/mol. The zero-order valence-corrected chi connectivity index (χ0v) is 15.6. The van der Waals surface area contributed by atoms with E-state index in [1.54, 1.807) is 16.8 Å². The van der Waals surface area contributed by atoms with Crippen LogP contribution in [0.1, 0.15) is 29.3 Å². The number of alkyl halides is 3. The van der Waals surface area contributed by atoms with E-state index < -0.39 is 23.8 Å². The highest BCUT2D eigenvalue weighted by molar-refractivity contribution is 5.97. The Bertz CT molecular complexity index is 1080. The van der Waals surface area contributed by atoms with Crippen molar-refractivity contribution in [1.82, 2.24) is 9.78 Å². The Labute approximate surface area is 169 Å². The molecule has 9 heteroatoms. The van der Waals surface area contributed by atoms with Crippen LogP contribution in [-0.2, 0) is 17.4 Å². The van der Waals surface area contributed by atoms with Gasteiger partial charge in [-0.3, -0.25) is 4.79 Å². The van der Waals surface area contributed by atoms with Crippen molar-refractivity contribution < 1.29 is 27.5 Å². The summed E-state index contributed by atoms with van der Waals surface area (Å²) in [6.45, 7) is 0.303. The molecular formula is C21H17F4N3O2. The van der Waals surface area contributed by atoms with E-state index in [0.717, 1.165) is 18.2 Å². The van der Waals surface area contributed by atoms with Crippen LogP contribution in [0.15, 0.2) is 54.7 Å². The molecule has 1 amide bonds. The van der Waals surface area contributed by atoms with Gasteiger partial charge in [-0.15, -0.1) is 0 Å². The van der Waals surface area contributed by atoms with Crippen molar-refractivity contribution in [2.45, 2.75) is 25.1 Å². The first-order valence-electron chi connectivity index (χ1n) is 9.25. The zero-order valence-electron chi connectivity index (χ0n) is 15.6. The second-order valence-electron chi connectivity index (χ2n) is 6.98. The number of aliphatic hydroxyl groups excluding tert-OH is 1. The van der Waals surface area contributed by atoms with Crippen LogP contribution in [0.3, 0.4) is 0 Å². The molecule has 0 saturated heterocycles. The van der Waals surface area contributed by atoms with E-state index in [1.807, 2.05) is 0 Å². The van der Waals surface area contributed by atoms with Crippen molar-refractivity contribution in [3.63, 3.8) is 0 Å². The second-order valence-corrected chi connectivity index (χ2v) is 6.98. The Kier molecular flexibility index (Phi) is 5.07. The number of aromatic nitrogens is 2. The van der Waals surface area contributed by atoms with Crippen LogP contribution < -0.4 is 4.90 Å². The molecule has 1 aliphatic rings. The summed E-state index contributed by atoms with van der Waals surface area (Å²) in [6, 6.07) is 9.80. The molecular weight excluding hydrogens is 402 g/mol. The predicted octanol–water partition coefficient (Wildman–Crippen LogP) is 4.04. The standard InChI is InChI=1S/C21H17F4N3O2/c22-15-6-8-16(9-7-15)28-17-5-2-10-27(18(17)12-26-28)20(30)19(29)13-3-1-4-14(11-13)21(23,24)25/h1,3-4,6-9,11-12,19,29H,2,5,10H2. The van der Waals surface area contributed by atoms with E-state index in [2.05, 4.69) is 5.10 Å². The van der Waals surface area contributed by atoms with Crippen LogP contribution in [0, 0.1) is 5.82 Å². The van der Waals surface area contributed by atoms with E-state index in [0.29, 0.717) is 36.5 Å². The van der Waals surface area contributed by atoms with Crippen LogP contribution >= 0.6 is 0 Å². The Morgan fingerprint density at radius 1 is 1.13 bits per heavy atom. The average molecular weight is 419 g/mol. The highest BCUT2D eigenvalue weighted by Gasteiger charge is 2.34. The summed E-state index contributed by atoms with van der Waals surface area (Å²) in [7, 11) is 0. The summed E-state index contributed by atoms with van der Waals surface area (Å²) in [5.74, 6) is -1.12. The van der Waals surface area contributed by atoms with Gasteiger partial charge in [-0.25, -0.2) is 9.07 Å². The maximum Gasteiger partial charge on any atom is 0.416 e. The zero-order chi connectivity index (χ0) is 21.5. The Balaban J connectivity index is 1.63. The van der Waals surface area contributed by atoms with Crippen LogP contribution in [0.5, 0.6) is 0 Å². The first kappa shape index (κ1) is 20.1. The van der Waals surface area contributed by atoms with Crippen molar-refractivity contribution >= 4 is 11.6 Å².